The summed E-state index contributed by atoms with van der Waals surface area (Å²) in [5.74, 6) is 0.344. The van der Waals surface area contributed by atoms with Gasteiger partial charge in [-0.1, -0.05) is 36.4 Å². The number of nitrogens with zero attached hydrogens (tertiary/aromatic N) is 1. The molecular weight excluding hydrogens is 262 g/mol. The zero-order valence-electron chi connectivity index (χ0n) is 12.2. The number of esters is 1. The van der Waals surface area contributed by atoms with E-state index in [2.05, 4.69) is 35.2 Å². The summed E-state index contributed by atoms with van der Waals surface area (Å²) in [6, 6.07) is 16.4. The topological polar surface area (TPSA) is 29.5 Å². The molecule has 3 heteroatoms. The van der Waals surface area contributed by atoms with Crippen molar-refractivity contribution < 1.29 is 9.53 Å². The van der Waals surface area contributed by atoms with E-state index >= 15 is 0 Å². The number of hydrogen-bond acceptors (Lipinski definition) is 3. The monoisotopic (exact) mass is 281 g/mol. The van der Waals surface area contributed by atoms with Crippen molar-refractivity contribution in [2.75, 3.05) is 6.54 Å². The highest BCUT2D eigenvalue weighted by Crippen LogP contribution is 2.21. The molecule has 1 heterocycles. The van der Waals surface area contributed by atoms with E-state index in [0.717, 1.165) is 26.1 Å². The minimum absolute atomic E-state index is 0.279. The molecule has 0 saturated carbocycles. The zero-order valence-corrected chi connectivity index (χ0v) is 12.2. The van der Waals surface area contributed by atoms with Gasteiger partial charge in [-0.05, 0) is 35.2 Å². The predicted molar refractivity (Wildman–Crippen MR) is 82.0 cm³/mol. The summed E-state index contributed by atoms with van der Waals surface area (Å²) in [7, 11) is 0. The molecule has 21 heavy (non-hydrogen) atoms. The van der Waals surface area contributed by atoms with Crippen LogP contribution in [0.15, 0.2) is 48.5 Å². The fraction of sp³-hybridized carbons (Fsp3) is 0.278. The molecule has 0 saturated heterocycles. The Balaban J connectivity index is 1.69. The molecule has 1 aliphatic heterocycles. The molecule has 0 aromatic heterocycles. The van der Waals surface area contributed by atoms with E-state index in [1.54, 1.807) is 0 Å². The third kappa shape index (κ3) is 3.50. The van der Waals surface area contributed by atoms with Crippen LogP contribution in [0.4, 0.5) is 0 Å². The molecule has 0 radical (unpaired) electrons. The van der Waals surface area contributed by atoms with Gasteiger partial charge in [-0.2, -0.15) is 0 Å². The molecule has 0 amide bonds. The molecule has 0 bridgehead atoms. The van der Waals surface area contributed by atoms with Gasteiger partial charge in [0.15, 0.2) is 0 Å². The Morgan fingerprint density at radius 1 is 1.14 bits per heavy atom. The van der Waals surface area contributed by atoms with Crippen molar-refractivity contribution in [3.8, 4) is 5.75 Å². The molecule has 0 unspecified atom stereocenters. The highest BCUT2D eigenvalue weighted by Gasteiger charge is 2.15. The van der Waals surface area contributed by atoms with E-state index in [-0.39, 0.29) is 5.97 Å². The Kier molecular flexibility index (Phi) is 4.02. The lowest BCUT2D eigenvalue weighted by molar-refractivity contribution is -0.131. The lowest BCUT2D eigenvalue weighted by Gasteiger charge is -2.28. The molecule has 0 atom stereocenters. The second kappa shape index (κ2) is 6.10. The minimum atomic E-state index is -0.279. The second-order valence-corrected chi connectivity index (χ2v) is 5.47. The van der Waals surface area contributed by atoms with Gasteiger partial charge in [0.1, 0.15) is 5.75 Å². The number of rotatable bonds is 3. The molecule has 3 rings (SSSR count). The smallest absolute Gasteiger partial charge is 0.308 e. The van der Waals surface area contributed by atoms with Gasteiger partial charge in [-0.3, -0.25) is 9.69 Å². The van der Waals surface area contributed by atoms with Crippen LogP contribution in [0.25, 0.3) is 0 Å². The van der Waals surface area contributed by atoms with Crippen LogP contribution >= 0.6 is 0 Å². The average Bonchev–Trinajstić information content (AvgIpc) is 2.47. The lowest BCUT2D eigenvalue weighted by atomic mass is 9.99. The molecule has 108 valence electrons. The van der Waals surface area contributed by atoms with Crippen molar-refractivity contribution in [3.63, 3.8) is 0 Å². The van der Waals surface area contributed by atoms with E-state index in [9.17, 15) is 4.79 Å². The summed E-state index contributed by atoms with van der Waals surface area (Å²) < 4.78 is 5.14. The Morgan fingerprint density at radius 2 is 1.95 bits per heavy atom. The highest BCUT2D eigenvalue weighted by atomic mass is 16.5. The minimum Gasteiger partial charge on any atom is -0.427 e. The van der Waals surface area contributed by atoms with Gasteiger partial charge < -0.3 is 4.74 Å². The van der Waals surface area contributed by atoms with Crippen molar-refractivity contribution in [1.82, 2.24) is 4.90 Å². The van der Waals surface area contributed by atoms with Gasteiger partial charge in [0.2, 0.25) is 0 Å². The summed E-state index contributed by atoms with van der Waals surface area (Å²) in [6.07, 6.45) is 1.10. The van der Waals surface area contributed by atoms with Crippen LogP contribution in [0.2, 0.25) is 0 Å². The molecule has 2 aromatic carbocycles. The van der Waals surface area contributed by atoms with Crippen LogP contribution < -0.4 is 4.74 Å². The largest absolute Gasteiger partial charge is 0.427 e. The standard InChI is InChI=1S/C18H19NO2/c1-14(20)21-18-8-4-5-15(11-18)12-19-10-9-16-6-2-3-7-17(16)13-19/h2-8,11H,9-10,12-13H2,1H3. The van der Waals surface area contributed by atoms with Crippen LogP contribution in [0, 0.1) is 0 Å². The van der Waals surface area contributed by atoms with Crippen LogP contribution in [-0.4, -0.2) is 17.4 Å². The van der Waals surface area contributed by atoms with Crippen molar-refractivity contribution in [1.29, 1.82) is 0 Å². The van der Waals surface area contributed by atoms with Crippen molar-refractivity contribution >= 4 is 5.97 Å². The first-order chi connectivity index (χ1) is 10.2. The summed E-state index contributed by atoms with van der Waals surface area (Å²) in [5.41, 5.74) is 4.05. The lowest BCUT2D eigenvalue weighted by Crippen LogP contribution is -2.29. The van der Waals surface area contributed by atoms with E-state index in [4.69, 9.17) is 4.74 Å². The SMILES string of the molecule is CC(=O)Oc1cccc(CN2CCc3ccccc3C2)c1. The van der Waals surface area contributed by atoms with E-state index in [0.29, 0.717) is 5.75 Å². The molecular formula is C18H19NO2. The van der Waals surface area contributed by atoms with Gasteiger partial charge in [0, 0.05) is 26.6 Å². The first kappa shape index (κ1) is 13.8. The first-order valence-corrected chi connectivity index (χ1v) is 7.27. The molecule has 0 aliphatic carbocycles. The molecule has 1 aliphatic rings. The Hall–Kier alpha value is -2.13. The van der Waals surface area contributed by atoms with Crippen molar-refractivity contribution in [3.05, 3.63) is 65.2 Å². The summed E-state index contributed by atoms with van der Waals surface area (Å²) in [6.45, 7) is 4.35. The molecule has 0 fully saturated rings. The number of benzene rings is 2. The normalized spacial score (nSPS) is 14.5. The summed E-state index contributed by atoms with van der Waals surface area (Å²) in [5, 5.41) is 0. The fourth-order valence-electron chi connectivity index (χ4n) is 2.82. The molecule has 0 N–H and O–H groups in total. The fourth-order valence-corrected chi connectivity index (χ4v) is 2.82. The number of fused-ring (bicyclic) bond motifs is 1. The van der Waals surface area contributed by atoms with Gasteiger partial charge >= 0.3 is 5.97 Å². The van der Waals surface area contributed by atoms with Crippen molar-refractivity contribution in [2.45, 2.75) is 26.4 Å². The molecule has 2 aromatic rings. The average molecular weight is 281 g/mol. The maximum absolute atomic E-state index is 11.0. The van der Waals surface area contributed by atoms with Gasteiger partial charge in [-0.25, -0.2) is 0 Å². The number of hydrogen-bond donors (Lipinski definition) is 0. The van der Waals surface area contributed by atoms with E-state index in [1.807, 2.05) is 18.2 Å². The Labute approximate surface area is 125 Å². The van der Waals surface area contributed by atoms with Gasteiger partial charge in [0.05, 0.1) is 0 Å². The van der Waals surface area contributed by atoms with E-state index < -0.39 is 0 Å². The quantitative estimate of drug-likeness (QED) is 0.639. The molecule has 0 spiro atoms. The van der Waals surface area contributed by atoms with E-state index in [1.165, 1.54) is 23.6 Å². The summed E-state index contributed by atoms with van der Waals surface area (Å²) >= 11 is 0. The highest BCUT2D eigenvalue weighted by molar-refractivity contribution is 5.69. The van der Waals surface area contributed by atoms with Crippen LogP contribution in [0.1, 0.15) is 23.6 Å². The van der Waals surface area contributed by atoms with Crippen LogP contribution in [0.5, 0.6) is 5.75 Å². The number of ether oxygens (including phenoxy) is 1. The maximum atomic E-state index is 11.0. The first-order valence-electron chi connectivity index (χ1n) is 7.27. The Morgan fingerprint density at radius 3 is 2.76 bits per heavy atom. The second-order valence-electron chi connectivity index (χ2n) is 5.47. The van der Waals surface area contributed by atoms with Gasteiger partial charge in [-0.15, -0.1) is 0 Å². The zero-order chi connectivity index (χ0) is 14.7. The summed E-state index contributed by atoms with van der Waals surface area (Å²) in [4.78, 5) is 13.4. The third-order valence-electron chi connectivity index (χ3n) is 3.78. The third-order valence-corrected chi connectivity index (χ3v) is 3.78. The van der Waals surface area contributed by atoms with Crippen molar-refractivity contribution in [2.24, 2.45) is 0 Å². The number of carbonyl (C=O) groups excluding carboxylic acids is 1. The Bertz CT molecular complexity index is 651. The van der Waals surface area contributed by atoms with Gasteiger partial charge in [0.25, 0.3) is 0 Å². The number of carbonyl (C=O) groups is 1. The predicted octanol–water partition coefficient (Wildman–Crippen LogP) is 3.17. The van der Waals surface area contributed by atoms with Crippen LogP contribution in [-0.2, 0) is 24.3 Å². The molecule has 3 nitrogen and oxygen atoms in total. The van der Waals surface area contributed by atoms with Crippen LogP contribution in [0.3, 0.4) is 0 Å². The maximum Gasteiger partial charge on any atom is 0.308 e.